The van der Waals surface area contributed by atoms with Crippen LogP contribution in [-0.2, 0) is 9.59 Å². The van der Waals surface area contributed by atoms with E-state index in [0.29, 0.717) is 36.9 Å². The fraction of sp³-hybridized carbons (Fsp3) is 0.500. The Bertz CT molecular complexity index is 551. The van der Waals surface area contributed by atoms with Crippen LogP contribution in [-0.4, -0.2) is 35.7 Å². The molecule has 0 bridgehead atoms. The van der Waals surface area contributed by atoms with Crippen molar-refractivity contribution in [2.75, 3.05) is 13.2 Å². The fourth-order valence-electron chi connectivity index (χ4n) is 1.89. The molecule has 0 aromatic heterocycles. The monoisotopic (exact) mass is 307 g/mol. The van der Waals surface area contributed by atoms with E-state index in [1.165, 1.54) is 0 Å². The second kappa shape index (κ2) is 6.68. The van der Waals surface area contributed by atoms with Crippen molar-refractivity contribution in [2.24, 2.45) is 5.92 Å². The Morgan fingerprint density at radius 1 is 1.27 bits per heavy atom. The number of amides is 1. The van der Waals surface area contributed by atoms with Crippen molar-refractivity contribution in [3.63, 3.8) is 0 Å². The van der Waals surface area contributed by atoms with Crippen molar-refractivity contribution in [3.05, 3.63) is 24.3 Å². The highest BCUT2D eigenvalue weighted by atomic mass is 16.5. The number of benzene rings is 1. The van der Waals surface area contributed by atoms with Crippen LogP contribution in [0, 0.1) is 5.92 Å². The van der Waals surface area contributed by atoms with Gasteiger partial charge in [0.1, 0.15) is 17.0 Å². The Kier molecular flexibility index (Phi) is 4.90. The highest BCUT2D eigenvalue weighted by molar-refractivity contribution is 5.90. The molecule has 1 aliphatic carbocycles. The van der Waals surface area contributed by atoms with Gasteiger partial charge in [0, 0.05) is 6.07 Å². The Labute approximate surface area is 129 Å². The van der Waals surface area contributed by atoms with Crippen LogP contribution in [0.15, 0.2) is 24.3 Å². The van der Waals surface area contributed by atoms with Crippen LogP contribution in [0.25, 0.3) is 0 Å². The van der Waals surface area contributed by atoms with Crippen LogP contribution < -0.4 is 14.8 Å². The SMILES string of the molecule is CC(C)COc1cccc(OCC(=O)NC2(C(=O)O)CC2)c1. The molecule has 6 heteroatoms. The first kappa shape index (κ1) is 16.1. The average Bonchev–Trinajstić information content (AvgIpc) is 3.24. The molecular formula is C16H21NO5. The molecule has 0 spiro atoms. The highest BCUT2D eigenvalue weighted by Crippen LogP contribution is 2.35. The van der Waals surface area contributed by atoms with Gasteiger partial charge < -0.3 is 19.9 Å². The smallest absolute Gasteiger partial charge is 0.329 e. The van der Waals surface area contributed by atoms with Crippen LogP contribution in [0.4, 0.5) is 0 Å². The van der Waals surface area contributed by atoms with E-state index in [4.69, 9.17) is 14.6 Å². The standard InChI is InChI=1S/C16H21NO5/c1-11(2)9-21-12-4-3-5-13(8-12)22-10-14(18)17-16(6-7-16)15(19)20/h3-5,8,11H,6-7,9-10H2,1-2H3,(H,17,18)(H,19,20). The summed E-state index contributed by atoms with van der Waals surface area (Å²) >= 11 is 0. The van der Waals surface area contributed by atoms with Gasteiger partial charge >= 0.3 is 5.97 Å². The van der Waals surface area contributed by atoms with E-state index in [-0.39, 0.29) is 6.61 Å². The Morgan fingerprint density at radius 2 is 1.91 bits per heavy atom. The van der Waals surface area contributed by atoms with Gasteiger partial charge in [-0.2, -0.15) is 0 Å². The number of nitrogens with one attached hydrogen (secondary N) is 1. The van der Waals surface area contributed by atoms with E-state index in [2.05, 4.69) is 19.2 Å². The summed E-state index contributed by atoms with van der Waals surface area (Å²) in [5, 5.41) is 11.5. The summed E-state index contributed by atoms with van der Waals surface area (Å²) in [4.78, 5) is 22.7. The summed E-state index contributed by atoms with van der Waals surface area (Å²) in [6.07, 6.45) is 0.930. The van der Waals surface area contributed by atoms with Crippen molar-refractivity contribution in [1.82, 2.24) is 5.32 Å². The maximum atomic E-state index is 11.7. The number of aliphatic carboxylic acids is 1. The minimum Gasteiger partial charge on any atom is -0.493 e. The molecule has 0 saturated heterocycles. The van der Waals surface area contributed by atoms with E-state index >= 15 is 0 Å². The largest absolute Gasteiger partial charge is 0.493 e. The summed E-state index contributed by atoms with van der Waals surface area (Å²) in [6.45, 7) is 4.50. The predicted octanol–water partition coefficient (Wildman–Crippen LogP) is 1.83. The fourth-order valence-corrected chi connectivity index (χ4v) is 1.89. The number of hydrogen-bond acceptors (Lipinski definition) is 4. The van der Waals surface area contributed by atoms with Gasteiger partial charge in [-0.25, -0.2) is 4.79 Å². The van der Waals surface area contributed by atoms with Crippen molar-refractivity contribution in [2.45, 2.75) is 32.2 Å². The Balaban J connectivity index is 1.82. The van der Waals surface area contributed by atoms with E-state index in [1.807, 2.05) is 6.07 Å². The normalized spacial score (nSPS) is 15.2. The Morgan fingerprint density at radius 3 is 2.45 bits per heavy atom. The van der Waals surface area contributed by atoms with E-state index in [0.717, 1.165) is 0 Å². The van der Waals surface area contributed by atoms with Gasteiger partial charge in [0.25, 0.3) is 5.91 Å². The molecular weight excluding hydrogens is 286 g/mol. The number of carboxylic acid groups (broad SMARTS) is 1. The molecule has 1 saturated carbocycles. The molecule has 2 rings (SSSR count). The first-order valence-electron chi connectivity index (χ1n) is 7.31. The molecule has 1 amide bonds. The van der Waals surface area contributed by atoms with E-state index in [9.17, 15) is 9.59 Å². The van der Waals surface area contributed by atoms with Crippen LogP contribution in [0.2, 0.25) is 0 Å². The molecule has 1 aliphatic rings. The molecule has 0 atom stereocenters. The third-order valence-electron chi connectivity index (χ3n) is 3.30. The third-order valence-corrected chi connectivity index (χ3v) is 3.30. The molecule has 0 heterocycles. The third kappa shape index (κ3) is 4.38. The number of carboxylic acids is 1. The number of carbonyl (C=O) groups excluding carboxylic acids is 1. The van der Waals surface area contributed by atoms with Crippen molar-refractivity contribution >= 4 is 11.9 Å². The molecule has 6 nitrogen and oxygen atoms in total. The molecule has 1 aromatic carbocycles. The van der Waals surface area contributed by atoms with Crippen molar-refractivity contribution < 1.29 is 24.2 Å². The lowest BCUT2D eigenvalue weighted by atomic mass is 10.2. The first-order valence-corrected chi connectivity index (χ1v) is 7.31. The molecule has 1 fully saturated rings. The predicted molar refractivity (Wildman–Crippen MR) is 80.0 cm³/mol. The van der Waals surface area contributed by atoms with Gasteiger partial charge in [-0.05, 0) is 30.9 Å². The summed E-state index contributed by atoms with van der Waals surface area (Å²) in [5.41, 5.74) is -1.08. The second-order valence-corrected chi connectivity index (χ2v) is 5.90. The minimum absolute atomic E-state index is 0.220. The molecule has 0 aliphatic heterocycles. The van der Waals surface area contributed by atoms with Gasteiger partial charge in [0.15, 0.2) is 6.61 Å². The van der Waals surface area contributed by atoms with Gasteiger partial charge in [-0.1, -0.05) is 19.9 Å². The van der Waals surface area contributed by atoms with Gasteiger partial charge in [0.05, 0.1) is 6.61 Å². The maximum absolute atomic E-state index is 11.7. The van der Waals surface area contributed by atoms with Crippen LogP contribution >= 0.6 is 0 Å². The lowest BCUT2D eigenvalue weighted by Crippen LogP contribution is -2.45. The first-order chi connectivity index (χ1) is 10.4. The van der Waals surface area contributed by atoms with Crippen LogP contribution in [0.5, 0.6) is 11.5 Å². The average molecular weight is 307 g/mol. The summed E-state index contributed by atoms with van der Waals surface area (Å²) in [7, 11) is 0. The number of carbonyl (C=O) groups is 2. The maximum Gasteiger partial charge on any atom is 0.329 e. The zero-order valence-corrected chi connectivity index (χ0v) is 12.8. The molecule has 22 heavy (non-hydrogen) atoms. The second-order valence-electron chi connectivity index (χ2n) is 5.90. The Hall–Kier alpha value is -2.24. The molecule has 1 aromatic rings. The molecule has 120 valence electrons. The number of hydrogen-bond donors (Lipinski definition) is 2. The van der Waals surface area contributed by atoms with Gasteiger partial charge in [-0.15, -0.1) is 0 Å². The zero-order valence-electron chi connectivity index (χ0n) is 12.8. The summed E-state index contributed by atoms with van der Waals surface area (Å²) < 4.78 is 11.0. The van der Waals surface area contributed by atoms with E-state index < -0.39 is 17.4 Å². The van der Waals surface area contributed by atoms with Crippen LogP contribution in [0.1, 0.15) is 26.7 Å². The van der Waals surface area contributed by atoms with E-state index in [1.54, 1.807) is 18.2 Å². The molecule has 2 N–H and O–H groups in total. The number of ether oxygens (including phenoxy) is 2. The summed E-state index contributed by atoms with van der Waals surface area (Å²) in [5.74, 6) is 0.173. The van der Waals surface area contributed by atoms with Gasteiger partial charge in [-0.3, -0.25) is 4.79 Å². The van der Waals surface area contributed by atoms with Crippen LogP contribution in [0.3, 0.4) is 0 Å². The topological polar surface area (TPSA) is 84.9 Å². The highest BCUT2D eigenvalue weighted by Gasteiger charge is 2.51. The minimum atomic E-state index is -1.08. The zero-order chi connectivity index (χ0) is 16.2. The number of rotatable bonds is 8. The molecule has 0 unspecified atom stereocenters. The van der Waals surface area contributed by atoms with Gasteiger partial charge in [0.2, 0.25) is 0 Å². The summed E-state index contributed by atoms with van der Waals surface area (Å²) in [6, 6.07) is 7.03. The quantitative estimate of drug-likeness (QED) is 0.765. The van der Waals surface area contributed by atoms with Crippen molar-refractivity contribution in [1.29, 1.82) is 0 Å². The molecule has 0 radical (unpaired) electrons. The lowest BCUT2D eigenvalue weighted by Gasteiger charge is -2.13. The van der Waals surface area contributed by atoms with Crippen molar-refractivity contribution in [3.8, 4) is 11.5 Å². The lowest BCUT2D eigenvalue weighted by molar-refractivity contribution is -0.143.